The number of anilines is 1. The molecule has 1 atom stereocenters. The summed E-state index contributed by atoms with van der Waals surface area (Å²) in [5, 5.41) is 2.73. The minimum absolute atomic E-state index is 0.00499. The maximum absolute atomic E-state index is 13.0. The van der Waals surface area contributed by atoms with Crippen LogP contribution in [0.5, 0.6) is 0 Å². The Labute approximate surface area is 117 Å². The van der Waals surface area contributed by atoms with Gasteiger partial charge in [-0.15, -0.1) is 0 Å². The van der Waals surface area contributed by atoms with Gasteiger partial charge in [-0.25, -0.2) is 9.18 Å². The summed E-state index contributed by atoms with van der Waals surface area (Å²) in [6, 6.07) is 4.37. The number of urea groups is 1. The van der Waals surface area contributed by atoms with Crippen LogP contribution >= 0.6 is 11.6 Å². The quantitative estimate of drug-likeness (QED) is 0.907. The number of likely N-dealkylation sites (N-methyl/N-ethyl adjacent to an activating group) is 1. The highest BCUT2D eigenvalue weighted by atomic mass is 35.5. The zero-order valence-corrected chi connectivity index (χ0v) is 11.7. The number of halogens is 2. The van der Waals surface area contributed by atoms with Crippen LogP contribution in [0, 0.1) is 5.82 Å². The normalized spacial score (nSPS) is 19.0. The fourth-order valence-electron chi connectivity index (χ4n) is 2.12. The SMILES string of the molecule is CN(C)C1CCN(C(=O)Nc2ccc(F)c(Cl)c2)C1. The molecule has 104 valence electrons. The molecule has 1 aromatic rings. The van der Waals surface area contributed by atoms with Crippen molar-refractivity contribution in [1.29, 1.82) is 0 Å². The lowest BCUT2D eigenvalue weighted by Crippen LogP contribution is -2.36. The van der Waals surface area contributed by atoms with Gasteiger partial charge >= 0.3 is 6.03 Å². The summed E-state index contributed by atoms with van der Waals surface area (Å²) in [5.74, 6) is -0.492. The molecule has 0 aliphatic carbocycles. The number of hydrogen-bond acceptors (Lipinski definition) is 2. The van der Waals surface area contributed by atoms with E-state index in [0.29, 0.717) is 18.3 Å². The molecule has 1 fully saturated rings. The predicted octanol–water partition coefficient (Wildman–Crippen LogP) is 2.65. The molecule has 1 aliphatic heterocycles. The highest BCUT2D eigenvalue weighted by Crippen LogP contribution is 2.20. The number of nitrogens with one attached hydrogen (secondary N) is 1. The Hall–Kier alpha value is -1.33. The number of carbonyl (C=O) groups is 1. The number of likely N-dealkylation sites (tertiary alicyclic amines) is 1. The van der Waals surface area contributed by atoms with Gasteiger partial charge in [0.2, 0.25) is 0 Å². The minimum Gasteiger partial charge on any atom is -0.323 e. The summed E-state index contributed by atoms with van der Waals surface area (Å²) in [6.07, 6.45) is 0.963. The molecule has 1 unspecified atom stereocenters. The Morgan fingerprint density at radius 3 is 2.84 bits per heavy atom. The summed E-state index contributed by atoms with van der Waals surface area (Å²) in [4.78, 5) is 15.9. The van der Waals surface area contributed by atoms with E-state index in [1.165, 1.54) is 18.2 Å². The standard InChI is InChI=1S/C13H17ClFN3O/c1-17(2)10-5-6-18(8-10)13(19)16-9-3-4-12(15)11(14)7-9/h3-4,7,10H,5-6,8H2,1-2H3,(H,16,19). The topological polar surface area (TPSA) is 35.6 Å². The second kappa shape index (κ2) is 5.75. The second-order valence-corrected chi connectivity index (χ2v) is 5.32. The molecule has 0 radical (unpaired) electrons. The van der Waals surface area contributed by atoms with Crippen molar-refractivity contribution in [2.45, 2.75) is 12.5 Å². The van der Waals surface area contributed by atoms with E-state index in [-0.39, 0.29) is 11.1 Å². The van der Waals surface area contributed by atoms with E-state index in [1.54, 1.807) is 4.90 Å². The number of nitrogens with zero attached hydrogens (tertiary/aromatic N) is 2. The van der Waals surface area contributed by atoms with Gasteiger partial charge in [-0.05, 0) is 38.7 Å². The lowest BCUT2D eigenvalue weighted by Gasteiger charge is -2.20. The Bertz CT molecular complexity index is 481. The van der Waals surface area contributed by atoms with Crippen LogP contribution in [0.3, 0.4) is 0 Å². The lowest BCUT2D eigenvalue weighted by molar-refractivity contribution is 0.216. The van der Waals surface area contributed by atoms with Gasteiger partial charge in [0, 0.05) is 24.8 Å². The number of benzene rings is 1. The van der Waals surface area contributed by atoms with Crippen molar-refractivity contribution in [2.75, 3.05) is 32.5 Å². The fraction of sp³-hybridized carbons (Fsp3) is 0.462. The van der Waals surface area contributed by atoms with Crippen molar-refractivity contribution >= 4 is 23.3 Å². The van der Waals surface area contributed by atoms with Crippen molar-refractivity contribution in [3.63, 3.8) is 0 Å². The van der Waals surface area contributed by atoms with E-state index in [0.717, 1.165) is 13.0 Å². The molecule has 2 rings (SSSR count). The van der Waals surface area contributed by atoms with Crippen molar-refractivity contribution in [2.24, 2.45) is 0 Å². The first-order valence-electron chi connectivity index (χ1n) is 6.15. The summed E-state index contributed by atoms with van der Waals surface area (Å²) < 4.78 is 13.0. The first-order chi connectivity index (χ1) is 8.97. The largest absolute Gasteiger partial charge is 0.323 e. The van der Waals surface area contributed by atoms with Gasteiger partial charge in [-0.3, -0.25) is 0 Å². The zero-order chi connectivity index (χ0) is 14.0. The first-order valence-corrected chi connectivity index (χ1v) is 6.52. The number of amides is 2. The van der Waals surface area contributed by atoms with Crippen LogP contribution < -0.4 is 5.32 Å². The maximum Gasteiger partial charge on any atom is 0.321 e. The molecule has 6 heteroatoms. The third-order valence-corrected chi connectivity index (χ3v) is 3.64. The molecule has 0 aromatic heterocycles. The Balaban J connectivity index is 1.96. The third-order valence-electron chi connectivity index (χ3n) is 3.35. The molecule has 1 heterocycles. The molecule has 1 aromatic carbocycles. The van der Waals surface area contributed by atoms with Gasteiger partial charge < -0.3 is 15.1 Å². The van der Waals surface area contributed by atoms with Gasteiger partial charge in [-0.1, -0.05) is 11.6 Å². The Morgan fingerprint density at radius 1 is 1.53 bits per heavy atom. The van der Waals surface area contributed by atoms with E-state index < -0.39 is 5.82 Å². The van der Waals surface area contributed by atoms with Crippen molar-refractivity contribution < 1.29 is 9.18 Å². The molecule has 0 spiro atoms. The highest BCUT2D eigenvalue weighted by molar-refractivity contribution is 6.31. The first kappa shape index (κ1) is 14.1. The van der Waals surface area contributed by atoms with Gasteiger partial charge in [-0.2, -0.15) is 0 Å². The van der Waals surface area contributed by atoms with Gasteiger partial charge in [0.25, 0.3) is 0 Å². The molecular weight excluding hydrogens is 269 g/mol. The Kier molecular flexibility index (Phi) is 4.27. The van der Waals surface area contributed by atoms with E-state index in [4.69, 9.17) is 11.6 Å². The van der Waals surface area contributed by atoms with Crippen LogP contribution in [-0.2, 0) is 0 Å². The molecule has 19 heavy (non-hydrogen) atoms. The van der Waals surface area contributed by atoms with Crippen molar-refractivity contribution in [3.05, 3.63) is 29.0 Å². The molecule has 0 saturated carbocycles. The maximum atomic E-state index is 13.0. The predicted molar refractivity (Wildman–Crippen MR) is 74.1 cm³/mol. The molecule has 0 bridgehead atoms. The molecule has 4 nitrogen and oxygen atoms in total. The molecular formula is C13H17ClFN3O. The fourth-order valence-corrected chi connectivity index (χ4v) is 2.30. The summed E-state index contributed by atoms with van der Waals surface area (Å²) in [6.45, 7) is 1.43. The van der Waals surface area contributed by atoms with E-state index in [9.17, 15) is 9.18 Å². The zero-order valence-electron chi connectivity index (χ0n) is 11.0. The van der Waals surface area contributed by atoms with Crippen LogP contribution in [-0.4, -0.2) is 49.1 Å². The number of carbonyl (C=O) groups excluding carboxylic acids is 1. The Morgan fingerprint density at radius 2 is 2.26 bits per heavy atom. The van der Waals surface area contributed by atoms with E-state index >= 15 is 0 Å². The minimum atomic E-state index is -0.492. The smallest absolute Gasteiger partial charge is 0.321 e. The number of rotatable bonds is 2. The van der Waals surface area contributed by atoms with Gasteiger partial charge in [0.15, 0.2) is 0 Å². The average Bonchev–Trinajstić information content (AvgIpc) is 2.83. The van der Waals surface area contributed by atoms with Crippen LogP contribution in [0.25, 0.3) is 0 Å². The van der Waals surface area contributed by atoms with Gasteiger partial charge in [0.05, 0.1) is 5.02 Å². The van der Waals surface area contributed by atoms with E-state index in [1.807, 2.05) is 14.1 Å². The average molecular weight is 286 g/mol. The summed E-state index contributed by atoms with van der Waals surface area (Å²) >= 11 is 5.68. The molecule has 2 amide bonds. The third kappa shape index (κ3) is 3.36. The number of hydrogen-bond donors (Lipinski definition) is 1. The monoisotopic (exact) mass is 285 g/mol. The molecule has 1 saturated heterocycles. The highest BCUT2D eigenvalue weighted by Gasteiger charge is 2.27. The molecule has 1 aliphatic rings. The summed E-state index contributed by atoms with van der Waals surface area (Å²) in [5.41, 5.74) is 0.504. The van der Waals surface area contributed by atoms with Crippen molar-refractivity contribution in [3.8, 4) is 0 Å². The van der Waals surface area contributed by atoms with Crippen LogP contribution in [0.15, 0.2) is 18.2 Å². The molecule has 1 N–H and O–H groups in total. The van der Waals surface area contributed by atoms with Crippen molar-refractivity contribution in [1.82, 2.24) is 9.80 Å². The van der Waals surface area contributed by atoms with Crippen LogP contribution in [0.4, 0.5) is 14.9 Å². The van der Waals surface area contributed by atoms with Crippen LogP contribution in [0.1, 0.15) is 6.42 Å². The van der Waals surface area contributed by atoms with E-state index in [2.05, 4.69) is 10.2 Å². The van der Waals surface area contributed by atoms with Gasteiger partial charge in [0.1, 0.15) is 5.82 Å². The lowest BCUT2D eigenvalue weighted by atomic mass is 10.2. The second-order valence-electron chi connectivity index (χ2n) is 4.91. The summed E-state index contributed by atoms with van der Waals surface area (Å²) in [7, 11) is 4.01. The van der Waals surface area contributed by atoms with Crippen LogP contribution in [0.2, 0.25) is 5.02 Å².